The minimum Gasteiger partial charge on any atom is -0.389 e. The molecule has 0 saturated heterocycles. The predicted molar refractivity (Wildman–Crippen MR) is 57.4 cm³/mol. The standard InChI is InChI=1S/C13H20O2/c14-11-5-10-7-13(15,8-11)6-9-3-1-2-4-12(9)10/h9-10,12,15H,1-8H2. The van der Waals surface area contributed by atoms with Crippen molar-refractivity contribution in [1.29, 1.82) is 0 Å². The second-order valence-electron chi connectivity index (χ2n) is 6.02. The third kappa shape index (κ3) is 1.63. The van der Waals surface area contributed by atoms with Gasteiger partial charge in [-0.15, -0.1) is 0 Å². The highest BCUT2D eigenvalue weighted by molar-refractivity contribution is 5.80. The Balaban J connectivity index is 1.85. The maximum atomic E-state index is 11.6. The molecule has 84 valence electrons. The van der Waals surface area contributed by atoms with Crippen LogP contribution in [0.15, 0.2) is 0 Å². The summed E-state index contributed by atoms with van der Waals surface area (Å²) in [6.45, 7) is 0. The topological polar surface area (TPSA) is 37.3 Å². The van der Waals surface area contributed by atoms with E-state index in [0.717, 1.165) is 31.1 Å². The molecule has 3 rings (SSSR count). The molecule has 0 spiro atoms. The fraction of sp³-hybridized carbons (Fsp3) is 0.923. The average Bonchev–Trinajstić information content (AvgIpc) is 2.15. The molecule has 3 aliphatic rings. The first-order valence-electron chi connectivity index (χ1n) is 6.40. The zero-order valence-electron chi connectivity index (χ0n) is 9.24. The van der Waals surface area contributed by atoms with E-state index >= 15 is 0 Å². The first-order chi connectivity index (χ1) is 7.16. The number of hydrogen-bond acceptors (Lipinski definition) is 2. The molecule has 2 heteroatoms. The molecule has 0 heterocycles. The van der Waals surface area contributed by atoms with Crippen molar-refractivity contribution in [1.82, 2.24) is 0 Å². The summed E-state index contributed by atoms with van der Waals surface area (Å²) in [4.78, 5) is 11.6. The highest BCUT2D eigenvalue weighted by Gasteiger charge is 2.49. The van der Waals surface area contributed by atoms with Crippen LogP contribution in [0, 0.1) is 17.8 Å². The number of aliphatic hydroxyl groups is 1. The van der Waals surface area contributed by atoms with Crippen LogP contribution < -0.4 is 0 Å². The first-order valence-corrected chi connectivity index (χ1v) is 6.40. The second-order valence-corrected chi connectivity index (χ2v) is 6.02. The van der Waals surface area contributed by atoms with Gasteiger partial charge in [-0.2, -0.15) is 0 Å². The SMILES string of the molecule is O=C1CC2CC(O)(C1)CC1CCCCC12. The quantitative estimate of drug-likeness (QED) is 0.663. The Labute approximate surface area is 91.1 Å². The summed E-state index contributed by atoms with van der Waals surface area (Å²) >= 11 is 0. The number of ketones is 1. The largest absolute Gasteiger partial charge is 0.389 e. The van der Waals surface area contributed by atoms with Crippen molar-refractivity contribution in [2.45, 2.75) is 57.0 Å². The normalized spacial score (nSPS) is 49.9. The van der Waals surface area contributed by atoms with Gasteiger partial charge in [0.05, 0.1) is 5.60 Å². The minimum absolute atomic E-state index is 0.303. The summed E-state index contributed by atoms with van der Waals surface area (Å²) < 4.78 is 0. The maximum Gasteiger partial charge on any atom is 0.136 e. The lowest BCUT2D eigenvalue weighted by molar-refractivity contribution is -0.144. The Morgan fingerprint density at radius 2 is 1.87 bits per heavy atom. The van der Waals surface area contributed by atoms with Crippen LogP contribution in [-0.4, -0.2) is 16.5 Å². The van der Waals surface area contributed by atoms with Gasteiger partial charge in [0.15, 0.2) is 0 Å². The number of fused-ring (bicyclic) bond motifs is 4. The van der Waals surface area contributed by atoms with E-state index in [0.29, 0.717) is 18.1 Å². The molecule has 0 aromatic heterocycles. The number of rotatable bonds is 0. The van der Waals surface area contributed by atoms with Crippen molar-refractivity contribution >= 4 is 5.78 Å². The number of Topliss-reactive ketones (excluding diaryl/α,β-unsaturated/α-hetero) is 1. The van der Waals surface area contributed by atoms with Crippen molar-refractivity contribution in [3.05, 3.63) is 0 Å². The fourth-order valence-corrected chi connectivity index (χ4v) is 4.42. The number of carbonyl (C=O) groups excluding carboxylic acids is 1. The summed E-state index contributed by atoms with van der Waals surface area (Å²) in [5.41, 5.74) is -0.613. The smallest absolute Gasteiger partial charge is 0.136 e. The van der Waals surface area contributed by atoms with E-state index in [1.54, 1.807) is 0 Å². The van der Waals surface area contributed by atoms with E-state index in [9.17, 15) is 9.90 Å². The monoisotopic (exact) mass is 208 g/mol. The zero-order valence-corrected chi connectivity index (χ0v) is 9.24. The Morgan fingerprint density at radius 3 is 2.73 bits per heavy atom. The maximum absolute atomic E-state index is 11.6. The molecule has 3 fully saturated rings. The van der Waals surface area contributed by atoms with Crippen LogP contribution in [0.4, 0.5) is 0 Å². The van der Waals surface area contributed by atoms with Crippen molar-refractivity contribution in [3.8, 4) is 0 Å². The molecule has 3 saturated carbocycles. The molecule has 2 bridgehead atoms. The second kappa shape index (κ2) is 3.31. The van der Waals surface area contributed by atoms with Gasteiger partial charge < -0.3 is 5.11 Å². The highest BCUT2D eigenvalue weighted by Crippen LogP contribution is 2.52. The van der Waals surface area contributed by atoms with Gasteiger partial charge >= 0.3 is 0 Å². The van der Waals surface area contributed by atoms with E-state index in [1.807, 2.05) is 0 Å². The first kappa shape index (κ1) is 9.83. The molecule has 2 nitrogen and oxygen atoms in total. The van der Waals surface area contributed by atoms with Crippen LogP contribution in [0.5, 0.6) is 0 Å². The summed E-state index contributed by atoms with van der Waals surface area (Å²) in [5, 5.41) is 10.4. The molecule has 0 radical (unpaired) electrons. The summed E-state index contributed by atoms with van der Waals surface area (Å²) in [6, 6.07) is 0. The van der Waals surface area contributed by atoms with Crippen molar-refractivity contribution < 1.29 is 9.90 Å². The Morgan fingerprint density at radius 1 is 1.13 bits per heavy atom. The molecule has 0 aliphatic heterocycles. The van der Waals surface area contributed by atoms with Gasteiger partial charge in [0.1, 0.15) is 5.78 Å². The van der Waals surface area contributed by atoms with Crippen molar-refractivity contribution in [2.75, 3.05) is 0 Å². The van der Waals surface area contributed by atoms with Crippen LogP contribution in [0.3, 0.4) is 0 Å². The molecule has 4 unspecified atom stereocenters. The Kier molecular flexibility index (Phi) is 2.17. The van der Waals surface area contributed by atoms with Gasteiger partial charge in [-0.25, -0.2) is 0 Å². The number of hydrogen-bond donors (Lipinski definition) is 1. The van der Waals surface area contributed by atoms with Gasteiger partial charge in [0.2, 0.25) is 0 Å². The van der Waals surface area contributed by atoms with E-state index in [4.69, 9.17) is 0 Å². The highest BCUT2D eigenvalue weighted by atomic mass is 16.3. The third-order valence-corrected chi connectivity index (χ3v) is 4.87. The van der Waals surface area contributed by atoms with Crippen molar-refractivity contribution in [3.63, 3.8) is 0 Å². The van der Waals surface area contributed by atoms with Crippen LogP contribution in [-0.2, 0) is 4.79 Å². The Hall–Kier alpha value is -0.370. The van der Waals surface area contributed by atoms with Crippen LogP contribution in [0.25, 0.3) is 0 Å². The lowest BCUT2D eigenvalue weighted by Gasteiger charge is -2.51. The van der Waals surface area contributed by atoms with Gasteiger partial charge in [-0.05, 0) is 37.0 Å². The molecule has 3 aliphatic carbocycles. The van der Waals surface area contributed by atoms with Crippen LogP contribution in [0.2, 0.25) is 0 Å². The molecular formula is C13H20O2. The molecule has 15 heavy (non-hydrogen) atoms. The lowest BCUT2D eigenvalue weighted by atomic mass is 9.56. The van der Waals surface area contributed by atoms with Gasteiger partial charge in [0, 0.05) is 12.8 Å². The zero-order chi connectivity index (χ0) is 10.5. The molecule has 0 aromatic carbocycles. The van der Waals surface area contributed by atoms with Crippen LogP contribution >= 0.6 is 0 Å². The molecule has 0 aromatic rings. The fourth-order valence-electron chi connectivity index (χ4n) is 4.42. The predicted octanol–water partition coefficient (Wildman–Crippen LogP) is 2.30. The van der Waals surface area contributed by atoms with Gasteiger partial charge in [-0.1, -0.05) is 19.3 Å². The van der Waals surface area contributed by atoms with Gasteiger partial charge in [-0.3, -0.25) is 4.79 Å². The minimum atomic E-state index is -0.613. The lowest BCUT2D eigenvalue weighted by Crippen LogP contribution is -2.50. The summed E-state index contributed by atoms with van der Waals surface area (Å²) in [7, 11) is 0. The van der Waals surface area contributed by atoms with E-state index in [2.05, 4.69) is 0 Å². The molecule has 0 amide bonds. The van der Waals surface area contributed by atoms with Crippen LogP contribution in [0.1, 0.15) is 51.4 Å². The summed E-state index contributed by atoms with van der Waals surface area (Å²) in [5.74, 6) is 2.28. The van der Waals surface area contributed by atoms with E-state index in [-0.39, 0.29) is 0 Å². The molecular weight excluding hydrogens is 188 g/mol. The van der Waals surface area contributed by atoms with Gasteiger partial charge in [0.25, 0.3) is 0 Å². The van der Waals surface area contributed by atoms with E-state index in [1.165, 1.54) is 25.7 Å². The number of carbonyl (C=O) groups is 1. The Bertz CT molecular complexity index is 286. The molecule has 1 N–H and O–H groups in total. The van der Waals surface area contributed by atoms with Crippen molar-refractivity contribution in [2.24, 2.45) is 17.8 Å². The van der Waals surface area contributed by atoms with E-state index < -0.39 is 5.60 Å². The average molecular weight is 208 g/mol. The molecule has 4 atom stereocenters. The summed E-state index contributed by atoms with van der Waals surface area (Å²) in [6.07, 6.45) is 8.26. The third-order valence-electron chi connectivity index (χ3n) is 4.87.